The first kappa shape index (κ1) is 12.5. The molecule has 0 fully saturated rings. The molecule has 0 unspecified atom stereocenters. The molecule has 1 aromatic rings. The number of pyridine rings is 1. The number of nitrogens with zero attached hydrogens (tertiary/aromatic N) is 2. The van der Waals surface area contributed by atoms with E-state index in [1.807, 2.05) is 13.8 Å². The Morgan fingerprint density at radius 1 is 1.56 bits per heavy atom. The smallest absolute Gasteiger partial charge is 0.143 e. The number of anilines is 1. The lowest BCUT2D eigenvalue weighted by Gasteiger charge is -2.09. The molecule has 1 heterocycles. The fourth-order valence-electron chi connectivity index (χ4n) is 1.23. The molecule has 1 aromatic heterocycles. The third kappa shape index (κ3) is 4.28. The van der Waals surface area contributed by atoms with Gasteiger partial charge in [0, 0.05) is 19.3 Å². The number of aromatic nitrogens is 1. The second kappa shape index (κ2) is 6.81. The van der Waals surface area contributed by atoms with Crippen molar-refractivity contribution in [1.82, 2.24) is 4.98 Å². The van der Waals surface area contributed by atoms with Gasteiger partial charge in [0.1, 0.15) is 11.9 Å². The summed E-state index contributed by atoms with van der Waals surface area (Å²) >= 11 is 0. The average molecular weight is 219 g/mol. The van der Waals surface area contributed by atoms with Crippen LogP contribution in [0, 0.1) is 11.3 Å². The summed E-state index contributed by atoms with van der Waals surface area (Å²) < 4.78 is 5.41. The summed E-state index contributed by atoms with van der Waals surface area (Å²) in [5.74, 6) is 0.648. The highest BCUT2D eigenvalue weighted by atomic mass is 16.5. The van der Waals surface area contributed by atoms with Gasteiger partial charge < -0.3 is 10.1 Å². The standard InChI is InChI=1S/C12H17N3O/c1-10(2)16-8-4-7-15-12-11(9-13)5-3-6-14-12/h3,5-6,10H,4,7-8H2,1-2H3,(H,14,15). The first-order chi connectivity index (χ1) is 7.74. The van der Waals surface area contributed by atoms with Crippen molar-refractivity contribution < 1.29 is 4.74 Å². The van der Waals surface area contributed by atoms with Crippen LogP contribution in [0.4, 0.5) is 5.82 Å². The molecule has 86 valence electrons. The zero-order valence-electron chi connectivity index (χ0n) is 9.73. The molecule has 0 aliphatic carbocycles. The fraction of sp³-hybridized carbons (Fsp3) is 0.500. The molecule has 0 aromatic carbocycles. The van der Waals surface area contributed by atoms with Gasteiger partial charge in [-0.15, -0.1) is 0 Å². The third-order valence-electron chi connectivity index (χ3n) is 1.99. The lowest BCUT2D eigenvalue weighted by atomic mass is 10.3. The lowest BCUT2D eigenvalue weighted by Crippen LogP contribution is -2.10. The van der Waals surface area contributed by atoms with E-state index in [0.29, 0.717) is 11.4 Å². The number of ether oxygens (including phenoxy) is 1. The minimum absolute atomic E-state index is 0.268. The van der Waals surface area contributed by atoms with E-state index in [0.717, 1.165) is 19.6 Å². The summed E-state index contributed by atoms with van der Waals surface area (Å²) in [6, 6.07) is 5.60. The van der Waals surface area contributed by atoms with Crippen LogP contribution in [-0.4, -0.2) is 24.2 Å². The summed E-state index contributed by atoms with van der Waals surface area (Å²) in [5.41, 5.74) is 0.576. The summed E-state index contributed by atoms with van der Waals surface area (Å²) in [6.45, 7) is 5.51. The molecule has 0 saturated heterocycles. The Hall–Kier alpha value is -1.60. The predicted octanol–water partition coefficient (Wildman–Crippen LogP) is 2.18. The van der Waals surface area contributed by atoms with Crippen molar-refractivity contribution in [1.29, 1.82) is 5.26 Å². The van der Waals surface area contributed by atoms with Crippen molar-refractivity contribution in [2.24, 2.45) is 0 Å². The maximum atomic E-state index is 8.84. The Kier molecular flexibility index (Phi) is 5.30. The van der Waals surface area contributed by atoms with E-state index >= 15 is 0 Å². The summed E-state index contributed by atoms with van der Waals surface area (Å²) in [5, 5.41) is 12.0. The monoisotopic (exact) mass is 219 g/mol. The van der Waals surface area contributed by atoms with Crippen LogP contribution in [0.5, 0.6) is 0 Å². The van der Waals surface area contributed by atoms with E-state index in [4.69, 9.17) is 10.00 Å². The normalized spacial score (nSPS) is 10.1. The topological polar surface area (TPSA) is 57.9 Å². The Morgan fingerprint density at radius 3 is 3.06 bits per heavy atom. The van der Waals surface area contributed by atoms with Gasteiger partial charge in [-0.1, -0.05) is 0 Å². The highest BCUT2D eigenvalue weighted by Crippen LogP contribution is 2.09. The summed E-state index contributed by atoms with van der Waals surface area (Å²) in [7, 11) is 0. The first-order valence-electron chi connectivity index (χ1n) is 5.44. The summed E-state index contributed by atoms with van der Waals surface area (Å²) in [4.78, 5) is 4.11. The van der Waals surface area contributed by atoms with Crippen LogP contribution in [0.1, 0.15) is 25.8 Å². The quantitative estimate of drug-likeness (QED) is 0.745. The third-order valence-corrected chi connectivity index (χ3v) is 1.99. The zero-order valence-corrected chi connectivity index (χ0v) is 9.73. The molecular formula is C12H17N3O. The van der Waals surface area contributed by atoms with Gasteiger partial charge in [0.15, 0.2) is 0 Å². The Balaban J connectivity index is 2.30. The van der Waals surface area contributed by atoms with Gasteiger partial charge in [-0.05, 0) is 32.4 Å². The maximum Gasteiger partial charge on any atom is 0.143 e. The number of hydrogen-bond donors (Lipinski definition) is 1. The molecule has 4 nitrogen and oxygen atoms in total. The highest BCUT2D eigenvalue weighted by molar-refractivity contribution is 5.50. The molecule has 0 spiro atoms. The van der Waals surface area contributed by atoms with Crippen LogP contribution in [0.15, 0.2) is 18.3 Å². The van der Waals surface area contributed by atoms with Crippen molar-refractivity contribution in [3.63, 3.8) is 0 Å². The molecule has 0 bridgehead atoms. The van der Waals surface area contributed by atoms with Crippen molar-refractivity contribution in [2.75, 3.05) is 18.5 Å². The molecule has 0 saturated carbocycles. The number of hydrogen-bond acceptors (Lipinski definition) is 4. The Morgan fingerprint density at radius 2 is 2.38 bits per heavy atom. The van der Waals surface area contributed by atoms with Crippen LogP contribution in [0.2, 0.25) is 0 Å². The minimum Gasteiger partial charge on any atom is -0.379 e. The van der Waals surface area contributed by atoms with Crippen LogP contribution >= 0.6 is 0 Å². The first-order valence-corrected chi connectivity index (χ1v) is 5.44. The van der Waals surface area contributed by atoms with E-state index in [1.54, 1.807) is 18.3 Å². The lowest BCUT2D eigenvalue weighted by molar-refractivity contribution is 0.0787. The number of rotatable bonds is 6. The average Bonchev–Trinajstić information content (AvgIpc) is 2.29. The van der Waals surface area contributed by atoms with Crippen LogP contribution < -0.4 is 5.32 Å². The highest BCUT2D eigenvalue weighted by Gasteiger charge is 2.00. The van der Waals surface area contributed by atoms with Gasteiger partial charge in [-0.2, -0.15) is 5.26 Å². The largest absolute Gasteiger partial charge is 0.379 e. The Labute approximate surface area is 96.3 Å². The van der Waals surface area contributed by atoms with Crippen molar-refractivity contribution in [3.05, 3.63) is 23.9 Å². The van der Waals surface area contributed by atoms with Crippen LogP contribution in [-0.2, 0) is 4.74 Å². The van der Waals surface area contributed by atoms with Gasteiger partial charge in [0.25, 0.3) is 0 Å². The van der Waals surface area contributed by atoms with Crippen LogP contribution in [0.3, 0.4) is 0 Å². The van der Waals surface area contributed by atoms with E-state index in [9.17, 15) is 0 Å². The Bertz CT molecular complexity index is 358. The van der Waals surface area contributed by atoms with Gasteiger partial charge >= 0.3 is 0 Å². The fourth-order valence-corrected chi connectivity index (χ4v) is 1.23. The molecule has 0 atom stereocenters. The number of nitrogens with one attached hydrogen (secondary N) is 1. The second-order valence-corrected chi connectivity index (χ2v) is 3.71. The molecular weight excluding hydrogens is 202 g/mol. The van der Waals surface area contributed by atoms with Gasteiger partial charge in [-0.3, -0.25) is 0 Å². The molecule has 16 heavy (non-hydrogen) atoms. The summed E-state index contributed by atoms with van der Waals surface area (Å²) in [6.07, 6.45) is 2.84. The second-order valence-electron chi connectivity index (χ2n) is 3.71. The van der Waals surface area contributed by atoms with Gasteiger partial charge in [0.05, 0.1) is 11.7 Å². The van der Waals surface area contributed by atoms with E-state index < -0.39 is 0 Å². The van der Waals surface area contributed by atoms with E-state index in [-0.39, 0.29) is 6.10 Å². The molecule has 0 aliphatic heterocycles. The van der Waals surface area contributed by atoms with E-state index in [2.05, 4.69) is 16.4 Å². The molecule has 1 N–H and O–H groups in total. The molecule has 0 amide bonds. The van der Waals surface area contributed by atoms with E-state index in [1.165, 1.54) is 0 Å². The van der Waals surface area contributed by atoms with Crippen LogP contribution in [0.25, 0.3) is 0 Å². The van der Waals surface area contributed by atoms with Crippen molar-refractivity contribution >= 4 is 5.82 Å². The molecule has 0 aliphatic rings. The van der Waals surface area contributed by atoms with Crippen molar-refractivity contribution in [2.45, 2.75) is 26.4 Å². The molecule has 1 rings (SSSR count). The van der Waals surface area contributed by atoms with Gasteiger partial charge in [-0.25, -0.2) is 4.98 Å². The zero-order chi connectivity index (χ0) is 11.8. The number of nitriles is 1. The predicted molar refractivity (Wildman–Crippen MR) is 63.1 cm³/mol. The molecule has 4 heteroatoms. The minimum atomic E-state index is 0.268. The van der Waals surface area contributed by atoms with Gasteiger partial charge in [0.2, 0.25) is 0 Å². The SMILES string of the molecule is CC(C)OCCCNc1ncccc1C#N. The molecule has 0 radical (unpaired) electrons. The van der Waals surface area contributed by atoms with Crippen molar-refractivity contribution in [3.8, 4) is 6.07 Å². The maximum absolute atomic E-state index is 8.84.